The van der Waals surface area contributed by atoms with Gasteiger partial charge in [0.05, 0.1) is 7.11 Å². The first-order chi connectivity index (χ1) is 16.8. The quantitative estimate of drug-likeness (QED) is 0.0489. The van der Waals surface area contributed by atoms with Crippen LogP contribution in [0.25, 0.3) is 0 Å². The van der Waals surface area contributed by atoms with Crippen LogP contribution in [0.5, 0.6) is 0 Å². The van der Waals surface area contributed by atoms with Gasteiger partial charge >= 0.3 is 171 Å². The Morgan fingerprint density at radius 1 is 0.471 bits per heavy atom. The van der Waals surface area contributed by atoms with Gasteiger partial charge < -0.3 is 4.74 Å². The first-order valence-electron chi connectivity index (χ1n) is 15.5. The standard InChI is InChI=1S/C31H62O2Te/c1-3-4-5-6-7-8-9-10-11-12-13-14-17-20-23-26-29-34-30-27-24-21-18-15-16-19-22-25-28-31(32)33-2/h3-30H2,1-2H3. The molecule has 0 amide bonds. The van der Waals surface area contributed by atoms with Crippen molar-refractivity contribution < 1.29 is 9.53 Å². The van der Waals surface area contributed by atoms with Gasteiger partial charge in [0.15, 0.2) is 0 Å². The third kappa shape index (κ3) is 30.3. The molecule has 0 fully saturated rings. The minimum absolute atomic E-state index is 0.0573. The summed E-state index contributed by atoms with van der Waals surface area (Å²) in [7, 11) is 1.48. The van der Waals surface area contributed by atoms with Crippen molar-refractivity contribution in [2.45, 2.75) is 183 Å². The molecular weight excluding hydrogens is 532 g/mol. The van der Waals surface area contributed by atoms with E-state index in [1.54, 1.807) is 8.94 Å². The maximum absolute atomic E-state index is 11.0. The van der Waals surface area contributed by atoms with Gasteiger partial charge in [0.1, 0.15) is 0 Å². The normalized spacial score (nSPS) is 11.2. The zero-order chi connectivity index (χ0) is 24.8. The van der Waals surface area contributed by atoms with Crippen molar-refractivity contribution in [2.24, 2.45) is 0 Å². The summed E-state index contributed by atoms with van der Waals surface area (Å²) in [5.74, 6) is -0.0573. The van der Waals surface area contributed by atoms with Gasteiger partial charge in [-0.1, -0.05) is 39.0 Å². The summed E-state index contributed by atoms with van der Waals surface area (Å²) in [6.07, 6.45) is 36.2. The number of rotatable bonds is 29. The van der Waals surface area contributed by atoms with Crippen LogP contribution in [0.15, 0.2) is 0 Å². The van der Waals surface area contributed by atoms with E-state index in [4.69, 9.17) is 0 Å². The minimum Gasteiger partial charge on any atom is -0.469 e. The SMILES string of the molecule is CCCCCCCCCCCCCCCCCC[Te]CCCCCCCCCCCC(=O)OC. The van der Waals surface area contributed by atoms with Crippen molar-refractivity contribution in [3.8, 4) is 0 Å². The fraction of sp³-hybridized carbons (Fsp3) is 0.968. The fourth-order valence-corrected chi connectivity index (χ4v) is 7.58. The summed E-state index contributed by atoms with van der Waals surface area (Å²) in [5.41, 5.74) is 0. The molecule has 3 heteroatoms. The van der Waals surface area contributed by atoms with E-state index in [-0.39, 0.29) is 5.97 Å². The molecule has 0 atom stereocenters. The van der Waals surface area contributed by atoms with Crippen LogP contribution < -0.4 is 0 Å². The number of carbonyl (C=O) groups excluding carboxylic acids is 1. The van der Waals surface area contributed by atoms with Crippen LogP contribution >= 0.6 is 0 Å². The Balaban J connectivity index is 3.02. The number of unbranched alkanes of at least 4 members (excludes halogenated alkanes) is 23. The molecule has 0 saturated heterocycles. The van der Waals surface area contributed by atoms with Crippen LogP contribution in [-0.2, 0) is 9.53 Å². The van der Waals surface area contributed by atoms with E-state index in [2.05, 4.69) is 11.7 Å². The molecular formula is C31H62O2Te. The van der Waals surface area contributed by atoms with Crippen LogP contribution in [0, 0.1) is 0 Å². The number of hydrogen-bond donors (Lipinski definition) is 0. The van der Waals surface area contributed by atoms with Crippen molar-refractivity contribution in [2.75, 3.05) is 7.11 Å². The summed E-state index contributed by atoms with van der Waals surface area (Å²) >= 11 is 0.324. The number of esters is 1. The van der Waals surface area contributed by atoms with Gasteiger partial charge in [-0.2, -0.15) is 0 Å². The molecule has 0 heterocycles. The molecule has 0 aliphatic rings. The predicted octanol–water partition coefficient (Wildman–Crippen LogP) is 10.9. The molecule has 0 aliphatic heterocycles. The van der Waals surface area contributed by atoms with Crippen LogP contribution in [0.2, 0.25) is 8.94 Å². The molecule has 0 rings (SSSR count). The fourth-order valence-electron chi connectivity index (χ4n) is 4.67. The zero-order valence-electron chi connectivity index (χ0n) is 23.5. The van der Waals surface area contributed by atoms with Gasteiger partial charge in [-0.3, -0.25) is 4.79 Å². The van der Waals surface area contributed by atoms with Crippen LogP contribution in [-0.4, -0.2) is 34.0 Å². The summed E-state index contributed by atoms with van der Waals surface area (Å²) in [6, 6.07) is 0. The molecule has 204 valence electrons. The maximum atomic E-state index is 11.0. The van der Waals surface area contributed by atoms with Crippen LogP contribution in [0.1, 0.15) is 174 Å². The van der Waals surface area contributed by atoms with E-state index >= 15 is 0 Å². The first-order valence-corrected chi connectivity index (χ1v) is 18.8. The topological polar surface area (TPSA) is 26.3 Å². The zero-order valence-corrected chi connectivity index (χ0v) is 25.9. The van der Waals surface area contributed by atoms with Crippen molar-refractivity contribution in [1.82, 2.24) is 0 Å². The van der Waals surface area contributed by atoms with Crippen molar-refractivity contribution in [3.63, 3.8) is 0 Å². The molecule has 34 heavy (non-hydrogen) atoms. The summed E-state index contributed by atoms with van der Waals surface area (Å²) in [6.45, 7) is 2.30. The first kappa shape index (κ1) is 34.3. The van der Waals surface area contributed by atoms with Crippen LogP contribution in [0.4, 0.5) is 0 Å². The summed E-state index contributed by atoms with van der Waals surface area (Å²) < 4.78 is 7.85. The number of carbonyl (C=O) groups is 1. The molecule has 0 N–H and O–H groups in total. The molecule has 0 aromatic heterocycles. The Bertz CT molecular complexity index is 386. The molecule has 0 unspecified atom stereocenters. The molecule has 0 aliphatic carbocycles. The predicted molar refractivity (Wildman–Crippen MR) is 153 cm³/mol. The Morgan fingerprint density at radius 3 is 1.09 bits per heavy atom. The van der Waals surface area contributed by atoms with E-state index < -0.39 is 0 Å². The summed E-state index contributed by atoms with van der Waals surface area (Å²) in [5, 5.41) is 0. The second-order valence-corrected chi connectivity index (χ2v) is 13.9. The smallest absolute Gasteiger partial charge is 0.469 e. The average Bonchev–Trinajstić information content (AvgIpc) is 2.85. The van der Waals surface area contributed by atoms with Crippen LogP contribution in [0.3, 0.4) is 0 Å². The number of ether oxygens (including phenoxy) is 1. The average molecular weight is 594 g/mol. The van der Waals surface area contributed by atoms with Gasteiger partial charge in [0.2, 0.25) is 0 Å². The molecule has 0 bridgehead atoms. The Morgan fingerprint density at radius 2 is 0.765 bits per heavy atom. The number of hydrogen-bond acceptors (Lipinski definition) is 2. The molecule has 0 saturated carbocycles. The molecule has 0 aromatic rings. The van der Waals surface area contributed by atoms with E-state index in [0.717, 1.165) is 6.42 Å². The Labute approximate surface area is 225 Å². The van der Waals surface area contributed by atoms with Gasteiger partial charge in [-0.05, 0) is 0 Å². The van der Waals surface area contributed by atoms with Gasteiger partial charge in [-0.25, -0.2) is 0 Å². The minimum atomic E-state index is -0.0573. The number of methoxy groups -OCH3 is 1. The molecule has 0 spiro atoms. The second-order valence-electron chi connectivity index (χ2n) is 10.4. The second kappa shape index (κ2) is 31.3. The van der Waals surface area contributed by atoms with Gasteiger partial charge in [-0.15, -0.1) is 0 Å². The van der Waals surface area contributed by atoms with Crippen molar-refractivity contribution in [3.05, 3.63) is 0 Å². The third-order valence-electron chi connectivity index (χ3n) is 7.04. The van der Waals surface area contributed by atoms with E-state index in [1.165, 1.54) is 161 Å². The Kier molecular flexibility index (Phi) is 31.5. The van der Waals surface area contributed by atoms with Crippen molar-refractivity contribution >= 4 is 26.9 Å². The monoisotopic (exact) mass is 596 g/mol. The van der Waals surface area contributed by atoms with E-state index in [1.807, 2.05) is 0 Å². The molecule has 0 radical (unpaired) electrons. The summed E-state index contributed by atoms with van der Waals surface area (Å²) in [4.78, 5) is 11.0. The van der Waals surface area contributed by atoms with E-state index in [9.17, 15) is 4.79 Å². The van der Waals surface area contributed by atoms with Crippen molar-refractivity contribution in [1.29, 1.82) is 0 Å². The van der Waals surface area contributed by atoms with Gasteiger partial charge in [0.25, 0.3) is 0 Å². The van der Waals surface area contributed by atoms with Gasteiger partial charge in [0, 0.05) is 0 Å². The molecule has 0 aromatic carbocycles. The Hall–Kier alpha value is 0.260. The third-order valence-corrected chi connectivity index (χ3v) is 10.3. The van der Waals surface area contributed by atoms with E-state index in [0.29, 0.717) is 27.3 Å². The molecule has 2 nitrogen and oxygen atoms in total.